The molecule has 0 radical (unpaired) electrons. The summed E-state index contributed by atoms with van der Waals surface area (Å²) in [4.78, 5) is 0. The van der Waals surface area contributed by atoms with Crippen LogP contribution in [0.2, 0.25) is 0 Å². The molecule has 3 rings (SSSR count). The van der Waals surface area contributed by atoms with Gasteiger partial charge in [-0.3, -0.25) is 4.57 Å². The molecule has 3 nitrogen and oxygen atoms in total. The molecule has 3 heteroatoms. The zero-order valence-corrected chi connectivity index (χ0v) is 12.6. The van der Waals surface area contributed by atoms with Crippen molar-refractivity contribution in [2.75, 3.05) is 0 Å². The van der Waals surface area contributed by atoms with E-state index >= 15 is 0 Å². The van der Waals surface area contributed by atoms with Gasteiger partial charge in [-0.25, -0.2) is 0 Å². The van der Waals surface area contributed by atoms with Gasteiger partial charge in [0.2, 0.25) is 0 Å². The second-order valence-electron chi connectivity index (χ2n) is 6.16. The molecule has 0 aliphatic heterocycles. The first-order chi connectivity index (χ1) is 10.1. The predicted octanol–water partition coefficient (Wildman–Crippen LogP) is 4.23. The average molecular weight is 277 g/mol. The van der Waals surface area contributed by atoms with E-state index in [1.807, 2.05) is 22.8 Å². The molecule has 0 atom stereocenters. The van der Waals surface area contributed by atoms with Crippen LogP contribution in [0.15, 0.2) is 60.9 Å². The van der Waals surface area contributed by atoms with Gasteiger partial charge >= 0.3 is 0 Å². The third-order valence-corrected chi connectivity index (χ3v) is 3.56. The van der Waals surface area contributed by atoms with Gasteiger partial charge in [-0.05, 0) is 23.1 Å². The highest BCUT2D eigenvalue weighted by atomic mass is 15.3. The van der Waals surface area contributed by atoms with Crippen LogP contribution in [0.4, 0.5) is 0 Å². The van der Waals surface area contributed by atoms with E-state index in [2.05, 4.69) is 67.4 Å². The average Bonchev–Trinajstić information content (AvgIpc) is 2.96. The molecule has 0 aliphatic carbocycles. The van der Waals surface area contributed by atoms with Crippen molar-refractivity contribution in [1.82, 2.24) is 14.8 Å². The van der Waals surface area contributed by atoms with Gasteiger partial charge in [0.05, 0.1) is 0 Å². The van der Waals surface area contributed by atoms with Crippen molar-refractivity contribution in [2.24, 2.45) is 0 Å². The first-order valence-electron chi connectivity index (χ1n) is 7.13. The smallest absolute Gasteiger partial charge is 0.168 e. The predicted molar refractivity (Wildman–Crippen MR) is 85.5 cm³/mol. The molecule has 0 amide bonds. The minimum atomic E-state index is 0.0596. The zero-order chi connectivity index (χ0) is 14.9. The standard InChI is InChI=1S/C18H19N3/c1-18(2,3)16-12-8-7-11-15(16)17-20-19-13-21(17)14-9-5-4-6-10-14/h4-13H,1-3H3. The molecule has 106 valence electrons. The summed E-state index contributed by atoms with van der Waals surface area (Å²) in [5.41, 5.74) is 3.53. The molecule has 1 heterocycles. The molecule has 0 saturated heterocycles. The maximum atomic E-state index is 4.35. The lowest BCUT2D eigenvalue weighted by Crippen LogP contribution is -2.13. The van der Waals surface area contributed by atoms with Crippen LogP contribution in [0.5, 0.6) is 0 Å². The molecular formula is C18H19N3. The van der Waals surface area contributed by atoms with E-state index in [9.17, 15) is 0 Å². The van der Waals surface area contributed by atoms with Crippen LogP contribution < -0.4 is 0 Å². The van der Waals surface area contributed by atoms with Gasteiger partial charge in [-0.15, -0.1) is 10.2 Å². The van der Waals surface area contributed by atoms with Crippen LogP contribution in [-0.4, -0.2) is 14.8 Å². The molecule has 0 fully saturated rings. The largest absolute Gasteiger partial charge is 0.282 e. The number of nitrogens with zero attached hydrogens (tertiary/aromatic N) is 3. The fourth-order valence-corrected chi connectivity index (χ4v) is 2.53. The fraction of sp³-hybridized carbons (Fsp3) is 0.222. The van der Waals surface area contributed by atoms with Crippen LogP contribution in [0.1, 0.15) is 26.3 Å². The summed E-state index contributed by atoms with van der Waals surface area (Å²) in [5.74, 6) is 0.881. The van der Waals surface area contributed by atoms with Crippen LogP contribution in [0.25, 0.3) is 17.1 Å². The molecule has 0 N–H and O–H groups in total. The van der Waals surface area contributed by atoms with Crippen molar-refractivity contribution in [2.45, 2.75) is 26.2 Å². The second kappa shape index (κ2) is 5.17. The van der Waals surface area contributed by atoms with E-state index in [1.165, 1.54) is 5.56 Å². The Kier molecular flexibility index (Phi) is 3.34. The lowest BCUT2D eigenvalue weighted by molar-refractivity contribution is 0.591. The van der Waals surface area contributed by atoms with Crippen molar-refractivity contribution in [1.29, 1.82) is 0 Å². The van der Waals surface area contributed by atoms with E-state index in [-0.39, 0.29) is 5.41 Å². The fourth-order valence-electron chi connectivity index (χ4n) is 2.53. The summed E-state index contributed by atoms with van der Waals surface area (Å²) in [7, 11) is 0. The molecule has 3 aromatic rings. The highest BCUT2D eigenvalue weighted by Crippen LogP contribution is 2.32. The molecule has 0 bridgehead atoms. The minimum absolute atomic E-state index is 0.0596. The Hall–Kier alpha value is -2.42. The van der Waals surface area contributed by atoms with Crippen molar-refractivity contribution >= 4 is 0 Å². The summed E-state index contributed by atoms with van der Waals surface area (Å²) in [6.45, 7) is 6.65. The topological polar surface area (TPSA) is 30.7 Å². The lowest BCUT2D eigenvalue weighted by Gasteiger charge is -2.22. The first-order valence-corrected chi connectivity index (χ1v) is 7.13. The van der Waals surface area contributed by atoms with Crippen molar-refractivity contribution in [3.05, 3.63) is 66.5 Å². The van der Waals surface area contributed by atoms with E-state index in [0.29, 0.717) is 0 Å². The number of benzene rings is 2. The van der Waals surface area contributed by atoms with Gasteiger partial charge in [-0.2, -0.15) is 0 Å². The maximum absolute atomic E-state index is 4.35. The molecule has 0 spiro atoms. The molecule has 2 aromatic carbocycles. The van der Waals surface area contributed by atoms with Crippen LogP contribution in [0.3, 0.4) is 0 Å². The Bertz CT molecular complexity index is 736. The SMILES string of the molecule is CC(C)(C)c1ccccc1-c1nncn1-c1ccccc1. The second-order valence-corrected chi connectivity index (χ2v) is 6.16. The Morgan fingerprint density at radius 2 is 1.52 bits per heavy atom. The monoisotopic (exact) mass is 277 g/mol. The van der Waals surface area contributed by atoms with E-state index < -0.39 is 0 Å². The molecule has 1 aromatic heterocycles. The highest BCUT2D eigenvalue weighted by Gasteiger charge is 2.21. The van der Waals surface area contributed by atoms with Crippen molar-refractivity contribution < 1.29 is 0 Å². The Morgan fingerprint density at radius 1 is 0.857 bits per heavy atom. The van der Waals surface area contributed by atoms with Crippen LogP contribution in [0, 0.1) is 0 Å². The lowest BCUT2D eigenvalue weighted by atomic mass is 9.83. The number of aromatic nitrogens is 3. The molecule has 0 aliphatic rings. The maximum Gasteiger partial charge on any atom is 0.168 e. The van der Waals surface area contributed by atoms with Crippen LogP contribution >= 0.6 is 0 Å². The van der Waals surface area contributed by atoms with Gasteiger partial charge in [0.15, 0.2) is 5.82 Å². The molecule has 0 unspecified atom stereocenters. The summed E-state index contributed by atoms with van der Waals surface area (Å²) in [6.07, 6.45) is 1.77. The zero-order valence-electron chi connectivity index (χ0n) is 12.6. The number of rotatable bonds is 2. The van der Waals surface area contributed by atoms with Crippen molar-refractivity contribution in [3.63, 3.8) is 0 Å². The third kappa shape index (κ3) is 2.59. The van der Waals surface area contributed by atoms with Crippen molar-refractivity contribution in [3.8, 4) is 17.1 Å². The van der Waals surface area contributed by atoms with Gasteiger partial charge in [-0.1, -0.05) is 63.2 Å². The van der Waals surface area contributed by atoms with Gasteiger partial charge in [0, 0.05) is 11.3 Å². The van der Waals surface area contributed by atoms with E-state index in [0.717, 1.165) is 17.1 Å². The Morgan fingerprint density at radius 3 is 2.24 bits per heavy atom. The molecule has 0 saturated carbocycles. The van der Waals surface area contributed by atoms with Gasteiger partial charge < -0.3 is 0 Å². The Balaban J connectivity index is 2.18. The summed E-state index contributed by atoms with van der Waals surface area (Å²) < 4.78 is 2.03. The van der Waals surface area contributed by atoms with Crippen LogP contribution in [-0.2, 0) is 5.41 Å². The normalized spacial score (nSPS) is 11.6. The van der Waals surface area contributed by atoms with E-state index in [4.69, 9.17) is 0 Å². The molecule has 21 heavy (non-hydrogen) atoms. The third-order valence-electron chi connectivity index (χ3n) is 3.56. The summed E-state index contributed by atoms with van der Waals surface area (Å²) in [6, 6.07) is 18.6. The summed E-state index contributed by atoms with van der Waals surface area (Å²) in [5, 5.41) is 8.46. The molecular weight excluding hydrogens is 258 g/mol. The highest BCUT2D eigenvalue weighted by molar-refractivity contribution is 5.64. The van der Waals surface area contributed by atoms with Gasteiger partial charge in [0.25, 0.3) is 0 Å². The Labute approximate surface area is 125 Å². The van der Waals surface area contributed by atoms with E-state index in [1.54, 1.807) is 6.33 Å². The number of hydrogen-bond donors (Lipinski definition) is 0. The first kappa shape index (κ1) is 13.6. The van der Waals surface area contributed by atoms with Gasteiger partial charge in [0.1, 0.15) is 6.33 Å². The number of para-hydroxylation sites is 1. The quantitative estimate of drug-likeness (QED) is 0.701. The number of hydrogen-bond acceptors (Lipinski definition) is 2. The summed E-state index contributed by atoms with van der Waals surface area (Å²) >= 11 is 0. The minimum Gasteiger partial charge on any atom is -0.282 e.